The second-order valence-electron chi connectivity index (χ2n) is 6.21. The molecule has 1 aliphatic heterocycles. The Balaban J connectivity index is 1.79. The van der Waals surface area contributed by atoms with Crippen molar-refractivity contribution in [1.82, 2.24) is 0 Å². The van der Waals surface area contributed by atoms with Gasteiger partial charge in [-0.15, -0.1) is 5.10 Å². The number of carbonyl (C=O) groups excluding carboxylic acids is 2. The molecule has 32 heavy (non-hydrogen) atoms. The van der Waals surface area contributed by atoms with Gasteiger partial charge in [0.25, 0.3) is 5.91 Å². The van der Waals surface area contributed by atoms with Crippen molar-refractivity contribution in [2.24, 2.45) is 10.2 Å². The molecule has 0 N–H and O–H groups in total. The van der Waals surface area contributed by atoms with Gasteiger partial charge in [-0.05, 0) is 53.7 Å². The lowest BCUT2D eigenvalue weighted by atomic mass is 10.2. The lowest BCUT2D eigenvalue weighted by Gasteiger charge is -2.14. The third-order valence-electron chi connectivity index (χ3n) is 3.90. The summed E-state index contributed by atoms with van der Waals surface area (Å²) in [5.74, 6) is -1.06. The Hall–Kier alpha value is -3.60. The molecule has 2 aromatic carbocycles. The first kappa shape index (κ1) is 23.1. The Morgan fingerprint density at radius 1 is 1.12 bits per heavy atom. The van der Waals surface area contributed by atoms with Crippen molar-refractivity contribution in [2.45, 2.75) is 6.18 Å². The normalized spacial score (nSPS) is 16.9. The first-order valence-corrected chi connectivity index (χ1v) is 9.86. The van der Waals surface area contributed by atoms with Crippen LogP contribution < -0.4 is 9.64 Å². The topological polar surface area (TPSA) is 80.6 Å². The van der Waals surface area contributed by atoms with Gasteiger partial charge in [0.1, 0.15) is 5.75 Å². The molecule has 0 radical (unpaired) electrons. The van der Waals surface area contributed by atoms with Crippen molar-refractivity contribution in [3.8, 4) is 5.75 Å². The van der Waals surface area contributed by atoms with Gasteiger partial charge < -0.3 is 9.47 Å². The van der Waals surface area contributed by atoms with Crippen molar-refractivity contribution in [1.29, 1.82) is 0 Å². The van der Waals surface area contributed by atoms with Crippen LogP contribution in [0.5, 0.6) is 5.75 Å². The van der Waals surface area contributed by atoms with E-state index in [0.29, 0.717) is 11.3 Å². The lowest BCUT2D eigenvalue weighted by Crippen LogP contribution is -2.28. The van der Waals surface area contributed by atoms with Crippen LogP contribution in [0.2, 0.25) is 0 Å². The zero-order chi connectivity index (χ0) is 23.1. The minimum atomic E-state index is -4.42. The molecule has 0 aliphatic carbocycles. The number of amides is 1. The first-order chi connectivity index (χ1) is 15.3. The number of carbonyl (C=O) groups is 2. The van der Waals surface area contributed by atoms with Crippen molar-refractivity contribution in [2.75, 3.05) is 18.6 Å². The molecule has 0 unspecified atom stereocenters. The molecule has 1 aliphatic rings. The van der Waals surface area contributed by atoms with Crippen LogP contribution >= 0.6 is 11.8 Å². The predicted octanol–water partition coefficient (Wildman–Crippen LogP) is 4.15. The van der Waals surface area contributed by atoms with E-state index in [0.717, 1.165) is 17.8 Å². The molecule has 0 bridgehead atoms. The minimum absolute atomic E-state index is 0.0653. The van der Waals surface area contributed by atoms with E-state index >= 15 is 0 Å². The quantitative estimate of drug-likeness (QED) is 0.278. The Labute approximate surface area is 185 Å². The number of amidine groups is 1. The van der Waals surface area contributed by atoms with E-state index in [1.54, 1.807) is 30.3 Å². The maximum atomic E-state index is 12.8. The van der Waals surface area contributed by atoms with Crippen LogP contribution in [0.15, 0.2) is 75.8 Å². The third-order valence-corrected chi connectivity index (χ3v) is 4.86. The number of nitrogens with zero attached hydrogens (tertiary/aromatic N) is 3. The van der Waals surface area contributed by atoms with Gasteiger partial charge in [0, 0.05) is 6.08 Å². The summed E-state index contributed by atoms with van der Waals surface area (Å²) in [7, 11) is 1.21. The molecule has 1 fully saturated rings. The van der Waals surface area contributed by atoms with Crippen molar-refractivity contribution < 1.29 is 32.2 Å². The average molecular weight is 463 g/mol. The number of para-hydroxylation sites is 1. The van der Waals surface area contributed by atoms with Gasteiger partial charge in [-0.3, -0.25) is 9.69 Å². The van der Waals surface area contributed by atoms with E-state index in [9.17, 15) is 22.8 Å². The third kappa shape index (κ3) is 6.20. The van der Waals surface area contributed by atoms with Gasteiger partial charge in [-0.25, -0.2) is 4.79 Å². The molecule has 1 heterocycles. The van der Waals surface area contributed by atoms with Crippen molar-refractivity contribution >= 4 is 40.7 Å². The summed E-state index contributed by atoms with van der Waals surface area (Å²) >= 11 is 0.958. The van der Waals surface area contributed by atoms with E-state index in [1.165, 1.54) is 42.5 Å². The number of thioether (sulfide) groups is 1. The molecule has 0 saturated carbocycles. The zero-order valence-corrected chi connectivity index (χ0v) is 17.4. The molecule has 0 aromatic heterocycles. The van der Waals surface area contributed by atoms with E-state index < -0.39 is 24.7 Å². The van der Waals surface area contributed by atoms with E-state index in [4.69, 9.17) is 0 Å². The molecule has 1 amide bonds. The Morgan fingerprint density at radius 2 is 1.81 bits per heavy atom. The van der Waals surface area contributed by atoms with Gasteiger partial charge >= 0.3 is 12.1 Å². The zero-order valence-electron chi connectivity index (χ0n) is 16.6. The van der Waals surface area contributed by atoms with Gasteiger partial charge in [-0.2, -0.15) is 18.3 Å². The molecule has 1 saturated heterocycles. The summed E-state index contributed by atoms with van der Waals surface area (Å²) < 4.78 is 45.9. The van der Waals surface area contributed by atoms with Gasteiger partial charge in [0.15, 0.2) is 6.61 Å². The number of anilines is 1. The summed E-state index contributed by atoms with van der Waals surface area (Å²) in [4.78, 5) is 25.8. The number of rotatable bonds is 6. The van der Waals surface area contributed by atoms with Crippen LogP contribution in [0.3, 0.4) is 0 Å². The standard InChI is InChI=1S/C21H16F3N3O4S/c1-30-18(28)11-17-19(29)27(15-5-3-2-4-6-15)20(32-17)26-25-12-14-7-9-16(10-8-14)31-13-21(22,23)24/h2-12H,13H2,1H3/b17-11+,25-12+,26-20-. The van der Waals surface area contributed by atoms with Gasteiger partial charge in [-0.1, -0.05) is 18.2 Å². The fraction of sp³-hybridized carbons (Fsp3) is 0.143. The molecule has 0 atom stereocenters. The van der Waals surface area contributed by atoms with Crippen LogP contribution in [0.1, 0.15) is 5.56 Å². The van der Waals surface area contributed by atoms with Crippen LogP contribution in [0.4, 0.5) is 18.9 Å². The van der Waals surface area contributed by atoms with E-state index in [2.05, 4.69) is 19.7 Å². The van der Waals surface area contributed by atoms with Crippen LogP contribution in [-0.4, -0.2) is 43.2 Å². The summed E-state index contributed by atoms with van der Waals surface area (Å²) in [6.45, 7) is -1.38. The number of benzene rings is 2. The number of hydrogen-bond donors (Lipinski definition) is 0. The molecule has 2 aromatic rings. The smallest absolute Gasteiger partial charge is 0.422 e. The summed E-state index contributed by atoms with van der Waals surface area (Å²) in [6, 6.07) is 14.5. The van der Waals surface area contributed by atoms with Crippen LogP contribution in [-0.2, 0) is 14.3 Å². The molecular formula is C21H16F3N3O4S. The van der Waals surface area contributed by atoms with Crippen molar-refractivity contribution in [3.05, 3.63) is 71.1 Å². The van der Waals surface area contributed by atoms with Crippen molar-refractivity contribution in [3.63, 3.8) is 0 Å². The summed E-state index contributed by atoms with van der Waals surface area (Å²) in [5.41, 5.74) is 1.10. The van der Waals surface area contributed by atoms with Gasteiger partial charge in [0.05, 0.1) is 23.9 Å². The Kier molecular flexibility index (Phi) is 7.31. The molecule has 11 heteroatoms. The second kappa shape index (κ2) is 10.1. The van der Waals surface area contributed by atoms with E-state index in [1.807, 2.05) is 0 Å². The summed E-state index contributed by atoms with van der Waals surface area (Å²) in [6.07, 6.45) is -1.97. The average Bonchev–Trinajstić information content (AvgIpc) is 3.08. The maximum absolute atomic E-state index is 12.8. The lowest BCUT2D eigenvalue weighted by molar-refractivity contribution is -0.153. The van der Waals surface area contributed by atoms with Crippen LogP contribution in [0.25, 0.3) is 0 Å². The summed E-state index contributed by atoms with van der Waals surface area (Å²) in [5, 5.41) is 8.27. The van der Waals surface area contributed by atoms with Crippen LogP contribution in [0, 0.1) is 0 Å². The highest BCUT2D eigenvalue weighted by Gasteiger charge is 2.35. The number of hydrogen-bond acceptors (Lipinski definition) is 7. The van der Waals surface area contributed by atoms with E-state index in [-0.39, 0.29) is 15.8 Å². The fourth-order valence-electron chi connectivity index (χ4n) is 2.47. The highest BCUT2D eigenvalue weighted by Crippen LogP contribution is 2.34. The highest BCUT2D eigenvalue weighted by atomic mass is 32.2. The van der Waals surface area contributed by atoms with Gasteiger partial charge in [0.2, 0.25) is 5.17 Å². The number of esters is 1. The Bertz CT molecular complexity index is 1070. The first-order valence-electron chi connectivity index (χ1n) is 9.04. The SMILES string of the molecule is COC(=O)/C=C1/S/C(=N\N=C\c2ccc(OCC(F)(F)F)cc2)N(c2ccccc2)C1=O. The monoisotopic (exact) mass is 463 g/mol. The largest absolute Gasteiger partial charge is 0.484 e. The number of ether oxygens (including phenoxy) is 2. The molecule has 3 rings (SSSR count). The number of methoxy groups -OCH3 is 1. The fourth-order valence-corrected chi connectivity index (χ4v) is 3.37. The maximum Gasteiger partial charge on any atom is 0.422 e. The molecular weight excluding hydrogens is 447 g/mol. The second-order valence-corrected chi connectivity index (χ2v) is 7.22. The highest BCUT2D eigenvalue weighted by molar-refractivity contribution is 8.19. The predicted molar refractivity (Wildman–Crippen MR) is 115 cm³/mol. The molecule has 166 valence electrons. The Morgan fingerprint density at radius 3 is 2.44 bits per heavy atom. The minimum Gasteiger partial charge on any atom is -0.484 e. The number of halogens is 3. The molecule has 7 nitrogen and oxygen atoms in total. The molecule has 0 spiro atoms. The number of alkyl halides is 3.